The number of halogens is 1. The number of amides is 2. The third-order valence-corrected chi connectivity index (χ3v) is 4.65. The van der Waals surface area contributed by atoms with Crippen molar-refractivity contribution < 1.29 is 18.7 Å². The molecule has 1 aliphatic rings. The number of primary amides is 1. The van der Waals surface area contributed by atoms with Crippen LogP contribution in [0, 0.1) is 12.8 Å². The molecule has 1 aromatic carbocycles. The molecule has 1 fully saturated rings. The Morgan fingerprint density at radius 3 is 2.71 bits per heavy atom. The van der Waals surface area contributed by atoms with Crippen molar-refractivity contribution in [3.05, 3.63) is 42.0 Å². The summed E-state index contributed by atoms with van der Waals surface area (Å²) >= 11 is 0. The molecule has 0 aliphatic heterocycles. The minimum Gasteiger partial charge on any atom is -0.455 e. The van der Waals surface area contributed by atoms with Crippen molar-refractivity contribution in [3.63, 3.8) is 0 Å². The van der Waals surface area contributed by atoms with E-state index in [1.807, 2.05) is 7.05 Å². The molecule has 2 aromatic heterocycles. The molecule has 3 N–H and O–H groups in total. The Morgan fingerprint density at radius 1 is 1.32 bits per heavy atom. The minimum absolute atomic E-state index is 0.144. The second-order valence-electron chi connectivity index (χ2n) is 6.84. The number of rotatable bonds is 5. The van der Waals surface area contributed by atoms with Gasteiger partial charge in [-0.15, -0.1) is 0 Å². The van der Waals surface area contributed by atoms with Gasteiger partial charge in [0.2, 0.25) is 5.91 Å². The van der Waals surface area contributed by atoms with Crippen LogP contribution in [0.2, 0.25) is 0 Å². The predicted molar refractivity (Wildman–Crippen MR) is 99.9 cm³/mol. The lowest BCUT2D eigenvalue weighted by molar-refractivity contribution is -0.117. The molecule has 0 spiro atoms. The number of imidazole rings is 1. The molecule has 0 radical (unpaired) electrons. The average molecular weight is 383 g/mol. The Kier molecular flexibility index (Phi) is 4.21. The molecular weight excluding hydrogens is 365 g/mol. The fourth-order valence-corrected chi connectivity index (χ4v) is 2.93. The average Bonchev–Trinajstić information content (AvgIpc) is 3.27. The van der Waals surface area contributed by atoms with E-state index in [0.29, 0.717) is 28.3 Å². The van der Waals surface area contributed by atoms with E-state index in [9.17, 15) is 14.0 Å². The van der Waals surface area contributed by atoms with Crippen molar-refractivity contribution in [2.75, 3.05) is 5.32 Å². The SMILES string of the molecule is Cc1cc(C(N)=O)ncc1Oc1cc(NC(=O)C2C[C@H]2F)c2ncn(C)c2c1. The number of hydrogen-bond acceptors (Lipinski definition) is 5. The molecule has 8 nitrogen and oxygen atoms in total. The molecule has 3 aromatic rings. The molecular formula is C19H18FN5O3. The van der Waals surface area contributed by atoms with Crippen LogP contribution in [0.25, 0.3) is 11.0 Å². The van der Waals surface area contributed by atoms with Gasteiger partial charge in [0, 0.05) is 19.2 Å². The molecule has 28 heavy (non-hydrogen) atoms. The van der Waals surface area contributed by atoms with Gasteiger partial charge in [-0.1, -0.05) is 0 Å². The molecule has 2 heterocycles. The smallest absolute Gasteiger partial charge is 0.267 e. The van der Waals surface area contributed by atoms with E-state index in [4.69, 9.17) is 10.5 Å². The predicted octanol–water partition coefficient (Wildman–Crippen LogP) is 2.46. The van der Waals surface area contributed by atoms with Crippen molar-refractivity contribution in [2.24, 2.45) is 18.7 Å². The molecule has 9 heteroatoms. The van der Waals surface area contributed by atoms with Crippen molar-refractivity contribution in [2.45, 2.75) is 19.5 Å². The van der Waals surface area contributed by atoms with Crippen LogP contribution < -0.4 is 15.8 Å². The van der Waals surface area contributed by atoms with Crippen molar-refractivity contribution >= 4 is 28.5 Å². The maximum absolute atomic E-state index is 13.2. The monoisotopic (exact) mass is 383 g/mol. The fraction of sp³-hybridized carbons (Fsp3) is 0.263. The Bertz CT molecular complexity index is 1110. The van der Waals surface area contributed by atoms with E-state index >= 15 is 0 Å². The van der Waals surface area contributed by atoms with Crippen LogP contribution >= 0.6 is 0 Å². The van der Waals surface area contributed by atoms with Crippen molar-refractivity contribution in [1.82, 2.24) is 14.5 Å². The van der Waals surface area contributed by atoms with Gasteiger partial charge in [-0.2, -0.15) is 0 Å². The summed E-state index contributed by atoms with van der Waals surface area (Å²) in [5, 5.41) is 2.74. The number of carbonyl (C=O) groups excluding carboxylic acids is 2. The molecule has 1 unspecified atom stereocenters. The van der Waals surface area contributed by atoms with Crippen LogP contribution in [-0.2, 0) is 11.8 Å². The molecule has 1 saturated carbocycles. The standard InChI is InChI=1S/C19H18FN5O3/c1-9-3-14(18(21)26)22-7-16(9)28-10-4-13(24-19(27)11-6-12(11)20)17-15(5-10)25(2)8-23-17/h3-5,7-8,11-12H,6H2,1-2H3,(H2,21,26)(H,24,27)/t11?,12-/m1/s1. The highest BCUT2D eigenvalue weighted by Gasteiger charge is 2.43. The lowest BCUT2D eigenvalue weighted by Crippen LogP contribution is -2.15. The van der Waals surface area contributed by atoms with Gasteiger partial charge in [0.25, 0.3) is 5.91 Å². The first-order chi connectivity index (χ1) is 13.3. The molecule has 2 amide bonds. The van der Waals surface area contributed by atoms with Crippen LogP contribution in [0.3, 0.4) is 0 Å². The van der Waals surface area contributed by atoms with E-state index in [0.717, 1.165) is 5.52 Å². The number of anilines is 1. The summed E-state index contributed by atoms with van der Waals surface area (Å²) in [5.41, 5.74) is 7.82. The summed E-state index contributed by atoms with van der Waals surface area (Å²) in [4.78, 5) is 31.7. The zero-order valence-electron chi connectivity index (χ0n) is 15.3. The number of nitrogens with two attached hydrogens (primary N) is 1. The summed E-state index contributed by atoms with van der Waals surface area (Å²) in [6, 6.07) is 4.94. The van der Waals surface area contributed by atoms with Crippen molar-refractivity contribution in [3.8, 4) is 11.5 Å². The number of aryl methyl sites for hydroxylation is 2. The molecule has 2 atom stereocenters. The van der Waals surface area contributed by atoms with Crippen LogP contribution in [0.4, 0.5) is 10.1 Å². The minimum atomic E-state index is -1.09. The molecule has 144 valence electrons. The Hall–Kier alpha value is -3.49. The van der Waals surface area contributed by atoms with Crippen LogP contribution in [0.15, 0.2) is 30.7 Å². The first-order valence-electron chi connectivity index (χ1n) is 8.68. The normalized spacial score (nSPS) is 18.1. The summed E-state index contributed by atoms with van der Waals surface area (Å²) in [5.74, 6) is -0.732. The van der Waals surface area contributed by atoms with Gasteiger partial charge in [-0.3, -0.25) is 9.59 Å². The topological polar surface area (TPSA) is 112 Å². The second kappa shape index (κ2) is 6.59. The Morgan fingerprint density at radius 2 is 2.07 bits per heavy atom. The van der Waals surface area contributed by atoms with Gasteiger partial charge < -0.3 is 20.4 Å². The number of benzene rings is 1. The van der Waals surface area contributed by atoms with Gasteiger partial charge in [0.15, 0.2) is 0 Å². The van der Waals surface area contributed by atoms with Crippen LogP contribution in [0.1, 0.15) is 22.5 Å². The van der Waals surface area contributed by atoms with Crippen LogP contribution in [-0.4, -0.2) is 32.5 Å². The summed E-state index contributed by atoms with van der Waals surface area (Å²) in [6.07, 6.45) is 2.19. The number of hydrogen-bond donors (Lipinski definition) is 2. The molecule has 4 rings (SSSR count). The fourth-order valence-electron chi connectivity index (χ4n) is 2.93. The van der Waals surface area contributed by atoms with Gasteiger partial charge in [-0.25, -0.2) is 14.4 Å². The quantitative estimate of drug-likeness (QED) is 0.703. The Balaban J connectivity index is 1.68. The zero-order chi connectivity index (χ0) is 20.0. The van der Waals surface area contributed by atoms with E-state index in [2.05, 4.69) is 15.3 Å². The summed E-state index contributed by atoms with van der Waals surface area (Å²) in [7, 11) is 1.82. The first-order valence-corrected chi connectivity index (χ1v) is 8.68. The first kappa shape index (κ1) is 17.9. The summed E-state index contributed by atoms with van der Waals surface area (Å²) < 4.78 is 20.9. The third kappa shape index (κ3) is 3.26. The summed E-state index contributed by atoms with van der Waals surface area (Å²) in [6.45, 7) is 1.77. The highest BCUT2D eigenvalue weighted by molar-refractivity contribution is 6.02. The van der Waals surface area contributed by atoms with Gasteiger partial charge in [0.05, 0.1) is 29.6 Å². The largest absolute Gasteiger partial charge is 0.455 e. The van der Waals surface area contributed by atoms with Crippen molar-refractivity contribution in [1.29, 1.82) is 0 Å². The second-order valence-corrected chi connectivity index (χ2v) is 6.84. The number of nitrogens with one attached hydrogen (secondary N) is 1. The number of carbonyl (C=O) groups is 2. The van der Waals surface area contributed by atoms with E-state index in [-0.39, 0.29) is 18.0 Å². The number of nitrogens with zero attached hydrogens (tertiary/aromatic N) is 3. The number of pyridine rings is 1. The number of aromatic nitrogens is 3. The van der Waals surface area contributed by atoms with Crippen LogP contribution in [0.5, 0.6) is 11.5 Å². The number of ether oxygens (including phenoxy) is 1. The van der Waals surface area contributed by atoms with Gasteiger partial charge in [-0.05, 0) is 25.0 Å². The lowest BCUT2D eigenvalue weighted by atomic mass is 10.2. The lowest BCUT2D eigenvalue weighted by Gasteiger charge is -2.12. The van der Waals surface area contributed by atoms with Gasteiger partial charge in [0.1, 0.15) is 28.9 Å². The Labute approximate surface area is 159 Å². The zero-order valence-corrected chi connectivity index (χ0v) is 15.3. The maximum Gasteiger partial charge on any atom is 0.267 e. The van der Waals surface area contributed by atoms with E-state index < -0.39 is 18.0 Å². The highest BCUT2D eigenvalue weighted by Crippen LogP contribution is 2.37. The van der Waals surface area contributed by atoms with E-state index in [1.54, 1.807) is 30.0 Å². The third-order valence-electron chi connectivity index (χ3n) is 4.65. The maximum atomic E-state index is 13.2. The number of fused-ring (bicyclic) bond motifs is 1. The van der Waals surface area contributed by atoms with E-state index in [1.165, 1.54) is 12.3 Å². The van der Waals surface area contributed by atoms with Gasteiger partial charge >= 0.3 is 0 Å². The number of alkyl halides is 1. The molecule has 1 aliphatic carbocycles. The molecule has 0 saturated heterocycles. The molecule has 0 bridgehead atoms. The highest BCUT2D eigenvalue weighted by atomic mass is 19.1.